The lowest BCUT2D eigenvalue weighted by atomic mass is 10.3. The van der Waals surface area contributed by atoms with Crippen molar-refractivity contribution in [1.82, 2.24) is 15.0 Å². The molecular formula is C14H19N5O. The van der Waals surface area contributed by atoms with Crippen LogP contribution in [0.3, 0.4) is 0 Å². The molecule has 6 heteroatoms. The Morgan fingerprint density at radius 2 is 2.05 bits per heavy atom. The third-order valence-corrected chi connectivity index (χ3v) is 2.79. The van der Waals surface area contributed by atoms with Crippen LogP contribution in [0.5, 0.6) is 0 Å². The summed E-state index contributed by atoms with van der Waals surface area (Å²) >= 11 is 0. The van der Waals surface area contributed by atoms with Gasteiger partial charge in [-0.15, -0.1) is 0 Å². The summed E-state index contributed by atoms with van der Waals surface area (Å²) in [6.07, 6.45) is 0. The number of rotatable bonds is 5. The Bertz CT molecular complexity index is 588. The Hall–Kier alpha value is -2.21. The van der Waals surface area contributed by atoms with Crippen molar-refractivity contribution in [2.75, 3.05) is 24.8 Å². The standard InChI is InChI=1S/C14H19N5O/c1-10-5-4-6-11(16-10)8-19(2)14-7-12(15)17-13(18-14)9-20-3/h4-7H,8-9H2,1-3H3,(H2,15,17,18). The van der Waals surface area contributed by atoms with E-state index in [0.29, 0.717) is 24.8 Å². The number of pyridine rings is 1. The van der Waals surface area contributed by atoms with E-state index in [1.807, 2.05) is 37.1 Å². The summed E-state index contributed by atoms with van der Waals surface area (Å²) in [7, 11) is 3.55. The first-order valence-electron chi connectivity index (χ1n) is 6.34. The van der Waals surface area contributed by atoms with Crippen LogP contribution in [0.2, 0.25) is 0 Å². The highest BCUT2D eigenvalue weighted by atomic mass is 16.5. The van der Waals surface area contributed by atoms with Gasteiger partial charge in [0.25, 0.3) is 0 Å². The summed E-state index contributed by atoms with van der Waals surface area (Å²) in [6, 6.07) is 7.71. The van der Waals surface area contributed by atoms with Gasteiger partial charge in [-0.05, 0) is 19.1 Å². The first-order valence-corrected chi connectivity index (χ1v) is 6.34. The van der Waals surface area contributed by atoms with Gasteiger partial charge < -0.3 is 15.4 Å². The van der Waals surface area contributed by atoms with Crippen molar-refractivity contribution in [3.05, 3.63) is 41.5 Å². The second kappa shape index (κ2) is 6.29. The molecular weight excluding hydrogens is 254 g/mol. The molecule has 0 amide bonds. The lowest BCUT2D eigenvalue weighted by Gasteiger charge is -2.18. The normalized spacial score (nSPS) is 10.6. The lowest BCUT2D eigenvalue weighted by molar-refractivity contribution is 0.178. The number of aromatic nitrogens is 3. The average Bonchev–Trinajstić information content (AvgIpc) is 2.38. The zero-order chi connectivity index (χ0) is 14.5. The quantitative estimate of drug-likeness (QED) is 0.890. The molecule has 2 N–H and O–H groups in total. The summed E-state index contributed by atoms with van der Waals surface area (Å²) in [6.45, 7) is 2.97. The summed E-state index contributed by atoms with van der Waals surface area (Å²) in [5, 5.41) is 0. The maximum absolute atomic E-state index is 5.80. The molecule has 0 fully saturated rings. The van der Waals surface area contributed by atoms with Crippen LogP contribution in [-0.2, 0) is 17.9 Å². The highest BCUT2D eigenvalue weighted by molar-refractivity contribution is 5.46. The fourth-order valence-electron chi connectivity index (χ4n) is 1.90. The monoisotopic (exact) mass is 273 g/mol. The van der Waals surface area contributed by atoms with E-state index in [0.717, 1.165) is 17.2 Å². The molecule has 0 aliphatic heterocycles. The third-order valence-electron chi connectivity index (χ3n) is 2.79. The molecule has 0 bridgehead atoms. The van der Waals surface area contributed by atoms with Crippen LogP contribution >= 0.6 is 0 Å². The number of nitrogens with zero attached hydrogens (tertiary/aromatic N) is 4. The molecule has 0 unspecified atom stereocenters. The molecule has 2 rings (SSSR count). The van der Waals surface area contributed by atoms with Gasteiger partial charge in [0.1, 0.15) is 18.2 Å². The van der Waals surface area contributed by atoms with Crippen molar-refractivity contribution < 1.29 is 4.74 Å². The van der Waals surface area contributed by atoms with Crippen molar-refractivity contribution in [2.45, 2.75) is 20.1 Å². The van der Waals surface area contributed by atoms with E-state index < -0.39 is 0 Å². The average molecular weight is 273 g/mol. The predicted molar refractivity (Wildman–Crippen MR) is 78.2 cm³/mol. The maximum Gasteiger partial charge on any atom is 0.158 e. The Morgan fingerprint density at radius 1 is 1.25 bits per heavy atom. The molecule has 106 valence electrons. The van der Waals surface area contributed by atoms with Gasteiger partial charge in [-0.2, -0.15) is 0 Å². The number of nitrogen functional groups attached to an aromatic ring is 1. The zero-order valence-electron chi connectivity index (χ0n) is 12.0. The van der Waals surface area contributed by atoms with E-state index in [2.05, 4.69) is 15.0 Å². The van der Waals surface area contributed by atoms with Crippen molar-refractivity contribution in [2.24, 2.45) is 0 Å². The van der Waals surface area contributed by atoms with Gasteiger partial charge >= 0.3 is 0 Å². The SMILES string of the molecule is COCc1nc(N)cc(N(C)Cc2cccc(C)n2)n1. The third kappa shape index (κ3) is 3.64. The number of hydrogen-bond donors (Lipinski definition) is 1. The Morgan fingerprint density at radius 3 is 2.75 bits per heavy atom. The highest BCUT2D eigenvalue weighted by Crippen LogP contribution is 2.15. The first kappa shape index (κ1) is 14.2. The highest BCUT2D eigenvalue weighted by Gasteiger charge is 2.08. The second-order valence-electron chi connectivity index (χ2n) is 4.63. The van der Waals surface area contributed by atoms with Crippen LogP contribution in [0, 0.1) is 6.92 Å². The molecule has 0 saturated heterocycles. The molecule has 20 heavy (non-hydrogen) atoms. The number of ether oxygens (including phenoxy) is 1. The molecule has 2 aromatic heterocycles. The number of methoxy groups -OCH3 is 1. The Kier molecular flexibility index (Phi) is 4.47. The van der Waals surface area contributed by atoms with Crippen LogP contribution in [0.4, 0.5) is 11.6 Å². The van der Waals surface area contributed by atoms with Crippen LogP contribution in [0.25, 0.3) is 0 Å². The van der Waals surface area contributed by atoms with E-state index >= 15 is 0 Å². The molecule has 0 atom stereocenters. The molecule has 2 aromatic rings. The van der Waals surface area contributed by atoms with Gasteiger partial charge in [0.05, 0.1) is 12.2 Å². The van der Waals surface area contributed by atoms with Gasteiger partial charge in [0.15, 0.2) is 5.82 Å². The van der Waals surface area contributed by atoms with E-state index in [4.69, 9.17) is 10.5 Å². The lowest BCUT2D eigenvalue weighted by Crippen LogP contribution is -2.20. The minimum Gasteiger partial charge on any atom is -0.384 e. The fourth-order valence-corrected chi connectivity index (χ4v) is 1.90. The second-order valence-corrected chi connectivity index (χ2v) is 4.63. The zero-order valence-corrected chi connectivity index (χ0v) is 12.0. The van der Waals surface area contributed by atoms with Gasteiger partial charge in [-0.3, -0.25) is 4.98 Å². The minimum atomic E-state index is 0.342. The number of nitrogens with two attached hydrogens (primary N) is 1. The summed E-state index contributed by atoms with van der Waals surface area (Å²) < 4.78 is 5.04. The number of aryl methyl sites for hydroxylation is 1. The molecule has 2 heterocycles. The number of anilines is 2. The van der Waals surface area contributed by atoms with E-state index in [1.165, 1.54) is 0 Å². The molecule has 0 aliphatic rings. The van der Waals surface area contributed by atoms with Crippen molar-refractivity contribution in [3.63, 3.8) is 0 Å². The Balaban J connectivity index is 2.18. The Labute approximate surface area is 118 Å². The molecule has 0 spiro atoms. The summed E-state index contributed by atoms with van der Waals surface area (Å²) in [5.74, 6) is 1.77. The molecule has 0 aromatic carbocycles. The predicted octanol–water partition coefficient (Wildman–Crippen LogP) is 1.55. The number of hydrogen-bond acceptors (Lipinski definition) is 6. The molecule has 0 radical (unpaired) electrons. The molecule has 0 saturated carbocycles. The van der Waals surface area contributed by atoms with Crippen molar-refractivity contribution >= 4 is 11.6 Å². The molecule has 6 nitrogen and oxygen atoms in total. The largest absolute Gasteiger partial charge is 0.384 e. The minimum absolute atomic E-state index is 0.342. The van der Waals surface area contributed by atoms with Crippen molar-refractivity contribution in [3.8, 4) is 0 Å². The van der Waals surface area contributed by atoms with E-state index in [9.17, 15) is 0 Å². The fraction of sp³-hybridized carbons (Fsp3) is 0.357. The van der Waals surface area contributed by atoms with Crippen LogP contribution < -0.4 is 10.6 Å². The van der Waals surface area contributed by atoms with Crippen LogP contribution in [0.1, 0.15) is 17.2 Å². The van der Waals surface area contributed by atoms with Crippen molar-refractivity contribution in [1.29, 1.82) is 0 Å². The van der Waals surface area contributed by atoms with Crippen LogP contribution in [0.15, 0.2) is 24.3 Å². The van der Waals surface area contributed by atoms with Gasteiger partial charge in [0, 0.05) is 25.9 Å². The smallest absolute Gasteiger partial charge is 0.158 e. The van der Waals surface area contributed by atoms with Crippen LogP contribution in [-0.4, -0.2) is 29.1 Å². The summed E-state index contributed by atoms with van der Waals surface area (Å²) in [4.78, 5) is 15.0. The summed E-state index contributed by atoms with van der Waals surface area (Å²) in [5.41, 5.74) is 7.78. The molecule has 0 aliphatic carbocycles. The first-order chi connectivity index (χ1) is 9.58. The van der Waals surface area contributed by atoms with E-state index in [-0.39, 0.29) is 0 Å². The maximum atomic E-state index is 5.80. The topological polar surface area (TPSA) is 77.2 Å². The van der Waals surface area contributed by atoms with Gasteiger partial charge in [-0.25, -0.2) is 9.97 Å². The van der Waals surface area contributed by atoms with Gasteiger partial charge in [-0.1, -0.05) is 6.07 Å². The van der Waals surface area contributed by atoms with Gasteiger partial charge in [0.2, 0.25) is 0 Å². The van der Waals surface area contributed by atoms with E-state index in [1.54, 1.807) is 13.2 Å².